The van der Waals surface area contributed by atoms with E-state index in [1.165, 1.54) is 0 Å². The maximum absolute atomic E-state index is 8.66. The van der Waals surface area contributed by atoms with E-state index in [4.69, 9.17) is 17.5 Å². The molecule has 4 heteroatoms. The minimum atomic E-state index is 0.654. The highest BCUT2D eigenvalue weighted by atomic mass is 32.1. The standard InChI is InChI=1S/C11H13N3S/c1-3-13-11(15)14(2)10-6-4-9(8-12)5-7-10/h4-7H,3H2,1-2H3,(H,13,15). The van der Waals surface area contributed by atoms with Gasteiger partial charge in [0.1, 0.15) is 0 Å². The van der Waals surface area contributed by atoms with E-state index in [9.17, 15) is 0 Å². The lowest BCUT2D eigenvalue weighted by molar-refractivity contribution is 0.956. The van der Waals surface area contributed by atoms with E-state index < -0.39 is 0 Å². The van der Waals surface area contributed by atoms with Crippen LogP contribution in [0.5, 0.6) is 0 Å². The lowest BCUT2D eigenvalue weighted by Gasteiger charge is -2.20. The quantitative estimate of drug-likeness (QED) is 0.771. The first-order valence-corrected chi connectivity index (χ1v) is 5.11. The van der Waals surface area contributed by atoms with Gasteiger partial charge in [-0.25, -0.2) is 0 Å². The van der Waals surface area contributed by atoms with Crippen LogP contribution in [0, 0.1) is 11.3 Å². The predicted molar refractivity (Wildman–Crippen MR) is 65.8 cm³/mol. The van der Waals surface area contributed by atoms with Gasteiger partial charge in [-0.1, -0.05) is 0 Å². The predicted octanol–water partition coefficient (Wildman–Crippen LogP) is 1.89. The Morgan fingerprint density at radius 2 is 2.07 bits per heavy atom. The average Bonchev–Trinajstić information content (AvgIpc) is 2.28. The minimum absolute atomic E-state index is 0.654. The Labute approximate surface area is 95.3 Å². The van der Waals surface area contributed by atoms with Gasteiger partial charge in [0.05, 0.1) is 11.6 Å². The molecule has 0 saturated carbocycles. The van der Waals surface area contributed by atoms with Crippen molar-refractivity contribution in [1.82, 2.24) is 5.32 Å². The number of hydrogen-bond donors (Lipinski definition) is 1. The lowest BCUT2D eigenvalue weighted by Crippen LogP contribution is -2.36. The molecule has 1 N–H and O–H groups in total. The fraction of sp³-hybridized carbons (Fsp3) is 0.273. The molecule has 0 spiro atoms. The summed E-state index contributed by atoms with van der Waals surface area (Å²) >= 11 is 5.17. The van der Waals surface area contributed by atoms with Crippen LogP contribution in [0.4, 0.5) is 5.69 Å². The SMILES string of the molecule is CCNC(=S)N(C)c1ccc(C#N)cc1. The Bertz CT molecular complexity index is 378. The topological polar surface area (TPSA) is 39.1 Å². The second-order valence-corrected chi connectivity index (χ2v) is 3.44. The summed E-state index contributed by atoms with van der Waals surface area (Å²) in [5.41, 5.74) is 1.63. The van der Waals surface area contributed by atoms with E-state index in [0.717, 1.165) is 12.2 Å². The summed E-state index contributed by atoms with van der Waals surface area (Å²) in [6.07, 6.45) is 0. The maximum atomic E-state index is 8.66. The molecule has 0 saturated heterocycles. The normalized spacial score (nSPS) is 9.13. The van der Waals surface area contributed by atoms with E-state index in [-0.39, 0.29) is 0 Å². The van der Waals surface area contributed by atoms with Gasteiger partial charge in [0.2, 0.25) is 0 Å². The molecule has 0 aromatic heterocycles. The third-order valence-electron chi connectivity index (χ3n) is 2.02. The first kappa shape index (κ1) is 11.5. The molecule has 0 heterocycles. The fourth-order valence-electron chi connectivity index (χ4n) is 1.15. The van der Waals surface area contributed by atoms with Crippen molar-refractivity contribution in [1.29, 1.82) is 5.26 Å². The number of nitrogens with one attached hydrogen (secondary N) is 1. The summed E-state index contributed by atoms with van der Waals surface area (Å²) in [5.74, 6) is 0. The van der Waals surface area contributed by atoms with Gasteiger partial charge in [0.15, 0.2) is 5.11 Å². The summed E-state index contributed by atoms with van der Waals surface area (Å²) < 4.78 is 0. The highest BCUT2D eigenvalue weighted by Gasteiger charge is 2.04. The molecule has 1 rings (SSSR count). The summed E-state index contributed by atoms with van der Waals surface area (Å²) in [6.45, 7) is 2.80. The Morgan fingerprint density at radius 1 is 1.47 bits per heavy atom. The zero-order valence-corrected chi connectivity index (χ0v) is 9.64. The van der Waals surface area contributed by atoms with Crippen LogP contribution in [0.15, 0.2) is 24.3 Å². The molecule has 78 valence electrons. The monoisotopic (exact) mass is 219 g/mol. The van der Waals surface area contributed by atoms with Crippen molar-refractivity contribution in [3.05, 3.63) is 29.8 Å². The van der Waals surface area contributed by atoms with Gasteiger partial charge in [-0.2, -0.15) is 5.26 Å². The molecule has 0 atom stereocenters. The summed E-state index contributed by atoms with van der Waals surface area (Å²) in [4.78, 5) is 1.87. The van der Waals surface area contributed by atoms with Crippen molar-refractivity contribution >= 4 is 23.0 Å². The maximum Gasteiger partial charge on any atom is 0.173 e. The fourth-order valence-corrected chi connectivity index (χ4v) is 1.40. The van der Waals surface area contributed by atoms with Gasteiger partial charge in [0.25, 0.3) is 0 Å². The molecule has 0 radical (unpaired) electrons. The highest BCUT2D eigenvalue weighted by molar-refractivity contribution is 7.80. The van der Waals surface area contributed by atoms with Gasteiger partial charge in [-0.05, 0) is 43.4 Å². The van der Waals surface area contributed by atoms with E-state index in [1.54, 1.807) is 12.1 Å². The highest BCUT2D eigenvalue weighted by Crippen LogP contribution is 2.13. The molecular formula is C11H13N3S. The molecule has 0 aliphatic heterocycles. The summed E-state index contributed by atoms with van der Waals surface area (Å²) in [6, 6.07) is 9.39. The smallest absolute Gasteiger partial charge is 0.173 e. The van der Waals surface area contributed by atoms with Gasteiger partial charge in [0, 0.05) is 19.3 Å². The van der Waals surface area contributed by atoms with Crippen LogP contribution in [-0.4, -0.2) is 18.7 Å². The lowest BCUT2D eigenvalue weighted by atomic mass is 10.2. The average molecular weight is 219 g/mol. The van der Waals surface area contributed by atoms with Crippen LogP contribution in [0.3, 0.4) is 0 Å². The summed E-state index contributed by atoms with van der Waals surface area (Å²) in [5, 5.41) is 12.4. The van der Waals surface area contributed by atoms with Crippen LogP contribution in [0.1, 0.15) is 12.5 Å². The summed E-state index contributed by atoms with van der Waals surface area (Å²) in [7, 11) is 1.90. The van der Waals surface area contributed by atoms with Crippen LogP contribution < -0.4 is 10.2 Å². The largest absolute Gasteiger partial charge is 0.363 e. The van der Waals surface area contributed by atoms with Crippen molar-refractivity contribution < 1.29 is 0 Å². The molecule has 0 bridgehead atoms. The zero-order valence-electron chi connectivity index (χ0n) is 8.82. The number of rotatable bonds is 2. The minimum Gasteiger partial charge on any atom is -0.363 e. The molecule has 0 unspecified atom stereocenters. The number of benzene rings is 1. The van der Waals surface area contributed by atoms with Crippen LogP contribution in [-0.2, 0) is 0 Å². The Morgan fingerprint density at radius 3 is 2.53 bits per heavy atom. The van der Waals surface area contributed by atoms with Crippen LogP contribution in [0.25, 0.3) is 0 Å². The van der Waals surface area contributed by atoms with Crippen LogP contribution >= 0.6 is 12.2 Å². The second kappa shape index (κ2) is 5.32. The molecule has 1 aromatic rings. The molecule has 0 fully saturated rings. The molecule has 0 aliphatic rings. The van der Waals surface area contributed by atoms with Gasteiger partial charge in [-0.3, -0.25) is 0 Å². The number of nitrogens with zero attached hydrogens (tertiary/aromatic N) is 2. The van der Waals surface area contributed by atoms with Crippen LogP contribution in [0.2, 0.25) is 0 Å². The van der Waals surface area contributed by atoms with Gasteiger partial charge >= 0.3 is 0 Å². The Kier molecular flexibility index (Phi) is 4.07. The Hall–Kier alpha value is -1.60. The Balaban J connectivity index is 2.79. The first-order chi connectivity index (χ1) is 7.19. The van der Waals surface area contributed by atoms with E-state index in [0.29, 0.717) is 10.7 Å². The van der Waals surface area contributed by atoms with E-state index in [2.05, 4.69) is 11.4 Å². The van der Waals surface area contributed by atoms with E-state index in [1.807, 2.05) is 31.0 Å². The van der Waals surface area contributed by atoms with E-state index >= 15 is 0 Å². The number of thiocarbonyl (C=S) groups is 1. The first-order valence-electron chi connectivity index (χ1n) is 4.70. The molecule has 0 amide bonds. The number of hydrogen-bond acceptors (Lipinski definition) is 2. The van der Waals surface area contributed by atoms with Crippen molar-refractivity contribution in [3.63, 3.8) is 0 Å². The van der Waals surface area contributed by atoms with Crippen molar-refractivity contribution in [2.75, 3.05) is 18.5 Å². The molecule has 0 aliphatic carbocycles. The van der Waals surface area contributed by atoms with Gasteiger partial charge in [-0.15, -0.1) is 0 Å². The molecule has 1 aromatic carbocycles. The molecule has 15 heavy (non-hydrogen) atoms. The molecule has 3 nitrogen and oxygen atoms in total. The van der Waals surface area contributed by atoms with Gasteiger partial charge < -0.3 is 10.2 Å². The third-order valence-corrected chi connectivity index (χ3v) is 2.43. The number of nitriles is 1. The van der Waals surface area contributed by atoms with Crippen molar-refractivity contribution in [2.45, 2.75) is 6.92 Å². The third kappa shape index (κ3) is 2.93. The zero-order chi connectivity index (χ0) is 11.3. The van der Waals surface area contributed by atoms with Crippen molar-refractivity contribution in [2.24, 2.45) is 0 Å². The van der Waals surface area contributed by atoms with Crippen molar-refractivity contribution in [3.8, 4) is 6.07 Å². The molecular weight excluding hydrogens is 206 g/mol. The number of anilines is 1. The second-order valence-electron chi connectivity index (χ2n) is 3.05.